The van der Waals surface area contributed by atoms with Gasteiger partial charge in [0, 0.05) is 13.2 Å². The van der Waals surface area contributed by atoms with Gasteiger partial charge in [0.2, 0.25) is 5.91 Å². The van der Waals surface area contributed by atoms with E-state index in [0.29, 0.717) is 19.7 Å². The molecular formula is C9H18N2O2. The topological polar surface area (TPSA) is 50.4 Å². The highest BCUT2D eigenvalue weighted by atomic mass is 16.5. The third kappa shape index (κ3) is 5.60. The van der Waals surface area contributed by atoms with E-state index in [4.69, 9.17) is 4.74 Å². The molecule has 4 nitrogen and oxygen atoms in total. The molecule has 0 unspecified atom stereocenters. The second kappa shape index (κ2) is 5.94. The molecule has 76 valence electrons. The molecule has 0 aliphatic heterocycles. The fourth-order valence-electron chi connectivity index (χ4n) is 1.02. The first-order chi connectivity index (χ1) is 6.33. The van der Waals surface area contributed by atoms with Gasteiger partial charge >= 0.3 is 0 Å². The molecule has 0 saturated heterocycles. The first kappa shape index (κ1) is 10.5. The van der Waals surface area contributed by atoms with E-state index in [0.717, 1.165) is 12.5 Å². The summed E-state index contributed by atoms with van der Waals surface area (Å²) in [5, 5.41) is 5.54. The Morgan fingerprint density at radius 2 is 2.31 bits per heavy atom. The molecule has 1 rings (SSSR count). The standard InChI is InChI=1S/C9H18N2O2/c1-10-6-9(12)11-4-5-13-7-8-2-3-8/h8,10H,2-7H2,1H3,(H,11,12). The quantitative estimate of drug-likeness (QED) is 0.539. The Morgan fingerprint density at radius 1 is 1.54 bits per heavy atom. The predicted octanol–water partition coefficient (Wildman–Crippen LogP) is -0.251. The molecule has 1 saturated carbocycles. The highest BCUT2D eigenvalue weighted by molar-refractivity contribution is 5.77. The monoisotopic (exact) mass is 186 g/mol. The summed E-state index contributed by atoms with van der Waals surface area (Å²) < 4.78 is 5.35. The predicted molar refractivity (Wildman–Crippen MR) is 50.5 cm³/mol. The molecule has 1 aliphatic carbocycles. The molecule has 4 heteroatoms. The molecule has 0 aromatic heterocycles. The van der Waals surface area contributed by atoms with Crippen LogP contribution < -0.4 is 10.6 Å². The van der Waals surface area contributed by atoms with E-state index in [1.807, 2.05) is 0 Å². The van der Waals surface area contributed by atoms with E-state index in [1.165, 1.54) is 12.8 Å². The molecule has 0 radical (unpaired) electrons. The number of carbonyl (C=O) groups excluding carboxylic acids is 1. The largest absolute Gasteiger partial charge is 0.379 e. The SMILES string of the molecule is CNCC(=O)NCCOCC1CC1. The number of amides is 1. The molecule has 0 bridgehead atoms. The summed E-state index contributed by atoms with van der Waals surface area (Å²) in [5.74, 6) is 0.825. The van der Waals surface area contributed by atoms with Gasteiger partial charge in [0.15, 0.2) is 0 Å². The minimum atomic E-state index is 0.0255. The van der Waals surface area contributed by atoms with E-state index >= 15 is 0 Å². The summed E-state index contributed by atoms with van der Waals surface area (Å²) in [4.78, 5) is 10.9. The van der Waals surface area contributed by atoms with Gasteiger partial charge in [0.05, 0.1) is 13.2 Å². The van der Waals surface area contributed by atoms with Gasteiger partial charge in [-0.1, -0.05) is 0 Å². The van der Waals surface area contributed by atoms with Gasteiger partial charge in [-0.3, -0.25) is 4.79 Å². The number of carbonyl (C=O) groups is 1. The maximum Gasteiger partial charge on any atom is 0.234 e. The van der Waals surface area contributed by atoms with Crippen molar-refractivity contribution in [2.45, 2.75) is 12.8 Å². The van der Waals surface area contributed by atoms with Gasteiger partial charge in [-0.15, -0.1) is 0 Å². The van der Waals surface area contributed by atoms with Gasteiger partial charge in [-0.25, -0.2) is 0 Å². The molecule has 13 heavy (non-hydrogen) atoms. The Bertz CT molecular complexity index is 158. The smallest absolute Gasteiger partial charge is 0.234 e. The third-order valence-corrected chi connectivity index (χ3v) is 1.96. The average molecular weight is 186 g/mol. The molecule has 0 atom stereocenters. The molecule has 1 aliphatic rings. The van der Waals surface area contributed by atoms with Crippen LogP contribution in [0, 0.1) is 5.92 Å². The van der Waals surface area contributed by atoms with Gasteiger partial charge in [-0.05, 0) is 25.8 Å². The van der Waals surface area contributed by atoms with Crippen LogP contribution >= 0.6 is 0 Å². The molecular weight excluding hydrogens is 168 g/mol. The summed E-state index contributed by atoms with van der Waals surface area (Å²) in [5.41, 5.74) is 0. The zero-order valence-corrected chi connectivity index (χ0v) is 8.14. The number of hydrogen-bond donors (Lipinski definition) is 2. The van der Waals surface area contributed by atoms with Crippen molar-refractivity contribution in [2.75, 3.05) is 33.4 Å². The van der Waals surface area contributed by atoms with Crippen molar-refractivity contribution in [3.05, 3.63) is 0 Å². The second-order valence-electron chi connectivity index (χ2n) is 3.40. The van der Waals surface area contributed by atoms with Crippen molar-refractivity contribution in [3.8, 4) is 0 Å². The molecule has 2 N–H and O–H groups in total. The Hall–Kier alpha value is -0.610. The minimum Gasteiger partial charge on any atom is -0.379 e. The fraction of sp³-hybridized carbons (Fsp3) is 0.889. The fourth-order valence-corrected chi connectivity index (χ4v) is 1.02. The highest BCUT2D eigenvalue weighted by Gasteiger charge is 2.20. The number of hydrogen-bond acceptors (Lipinski definition) is 3. The van der Waals surface area contributed by atoms with Crippen LogP contribution in [0.1, 0.15) is 12.8 Å². The van der Waals surface area contributed by atoms with Crippen LogP contribution in [0.2, 0.25) is 0 Å². The maximum absolute atomic E-state index is 10.9. The van der Waals surface area contributed by atoms with Crippen LogP contribution in [-0.2, 0) is 9.53 Å². The maximum atomic E-state index is 10.9. The normalized spacial score (nSPS) is 15.8. The van der Waals surface area contributed by atoms with Crippen molar-refractivity contribution >= 4 is 5.91 Å². The van der Waals surface area contributed by atoms with Crippen LogP contribution in [0.25, 0.3) is 0 Å². The molecule has 0 spiro atoms. The summed E-state index contributed by atoms with van der Waals surface area (Å²) >= 11 is 0. The first-order valence-electron chi connectivity index (χ1n) is 4.82. The lowest BCUT2D eigenvalue weighted by molar-refractivity contribution is -0.120. The van der Waals surface area contributed by atoms with Crippen molar-refractivity contribution in [3.63, 3.8) is 0 Å². The summed E-state index contributed by atoms with van der Waals surface area (Å²) in [6.07, 6.45) is 2.62. The lowest BCUT2D eigenvalue weighted by Gasteiger charge is -2.05. The molecule has 0 aromatic rings. The lowest BCUT2D eigenvalue weighted by atomic mass is 10.5. The molecule has 1 amide bonds. The number of likely N-dealkylation sites (N-methyl/N-ethyl adjacent to an activating group) is 1. The van der Waals surface area contributed by atoms with Crippen LogP contribution in [0.4, 0.5) is 0 Å². The Kier molecular flexibility index (Phi) is 4.78. The minimum absolute atomic E-state index is 0.0255. The number of rotatable bonds is 7. The van der Waals surface area contributed by atoms with Crippen molar-refractivity contribution < 1.29 is 9.53 Å². The number of ether oxygens (including phenoxy) is 1. The van der Waals surface area contributed by atoms with Crippen LogP contribution in [0.3, 0.4) is 0 Å². The summed E-state index contributed by atoms with van der Waals surface area (Å²) in [6, 6.07) is 0. The Labute approximate surface area is 79.0 Å². The second-order valence-corrected chi connectivity index (χ2v) is 3.40. The van der Waals surface area contributed by atoms with Gasteiger partial charge in [0.25, 0.3) is 0 Å². The Morgan fingerprint density at radius 3 is 2.92 bits per heavy atom. The summed E-state index contributed by atoms with van der Waals surface area (Å²) in [6.45, 7) is 2.49. The van der Waals surface area contributed by atoms with E-state index in [1.54, 1.807) is 7.05 Å². The lowest BCUT2D eigenvalue weighted by Crippen LogP contribution is -2.34. The molecule has 1 fully saturated rings. The van der Waals surface area contributed by atoms with E-state index in [2.05, 4.69) is 10.6 Å². The summed E-state index contributed by atoms with van der Waals surface area (Å²) in [7, 11) is 1.75. The first-order valence-corrected chi connectivity index (χ1v) is 4.82. The van der Waals surface area contributed by atoms with Crippen LogP contribution in [0.15, 0.2) is 0 Å². The number of nitrogens with one attached hydrogen (secondary N) is 2. The molecule has 0 heterocycles. The van der Waals surface area contributed by atoms with Crippen molar-refractivity contribution in [1.82, 2.24) is 10.6 Å². The van der Waals surface area contributed by atoms with E-state index in [-0.39, 0.29) is 5.91 Å². The molecule has 0 aromatic carbocycles. The van der Waals surface area contributed by atoms with Gasteiger partial charge < -0.3 is 15.4 Å². The van der Waals surface area contributed by atoms with Crippen LogP contribution in [-0.4, -0.2) is 39.3 Å². The van der Waals surface area contributed by atoms with Gasteiger partial charge in [-0.2, -0.15) is 0 Å². The zero-order valence-electron chi connectivity index (χ0n) is 8.14. The third-order valence-electron chi connectivity index (χ3n) is 1.96. The van der Waals surface area contributed by atoms with Crippen molar-refractivity contribution in [2.24, 2.45) is 5.92 Å². The Balaban J connectivity index is 1.79. The zero-order chi connectivity index (χ0) is 9.52. The van der Waals surface area contributed by atoms with E-state index in [9.17, 15) is 4.79 Å². The van der Waals surface area contributed by atoms with Crippen molar-refractivity contribution in [1.29, 1.82) is 0 Å². The van der Waals surface area contributed by atoms with E-state index < -0.39 is 0 Å². The van der Waals surface area contributed by atoms with Crippen LogP contribution in [0.5, 0.6) is 0 Å². The van der Waals surface area contributed by atoms with Gasteiger partial charge in [0.1, 0.15) is 0 Å². The average Bonchev–Trinajstić information content (AvgIpc) is 2.88. The highest BCUT2D eigenvalue weighted by Crippen LogP contribution is 2.28.